The number of hydrogen-bond donors (Lipinski definition) is 1. The van der Waals surface area contributed by atoms with Gasteiger partial charge in [0.2, 0.25) is 0 Å². The van der Waals surface area contributed by atoms with Gasteiger partial charge < -0.3 is 15.0 Å². The fourth-order valence-electron chi connectivity index (χ4n) is 3.52. The first-order chi connectivity index (χ1) is 10.6. The van der Waals surface area contributed by atoms with Crippen molar-refractivity contribution < 1.29 is 9.53 Å². The third-order valence-corrected chi connectivity index (χ3v) is 4.84. The van der Waals surface area contributed by atoms with Crippen LogP contribution >= 0.6 is 0 Å². The summed E-state index contributed by atoms with van der Waals surface area (Å²) in [5, 5.41) is 7.46. The van der Waals surface area contributed by atoms with E-state index in [-0.39, 0.29) is 11.4 Å². The van der Waals surface area contributed by atoms with Crippen molar-refractivity contribution in [1.29, 1.82) is 0 Å². The van der Waals surface area contributed by atoms with Gasteiger partial charge in [-0.1, -0.05) is 0 Å². The first kappa shape index (κ1) is 15.3. The predicted octanol–water partition coefficient (Wildman–Crippen LogP) is 1.71. The molecule has 3 rings (SSSR count). The second-order valence-corrected chi connectivity index (χ2v) is 6.71. The minimum absolute atomic E-state index is 0.0668. The normalized spacial score (nSPS) is 24.4. The third-order valence-electron chi connectivity index (χ3n) is 4.84. The molecule has 1 aromatic heterocycles. The molecule has 122 valence electrons. The van der Waals surface area contributed by atoms with Crippen LogP contribution in [0.2, 0.25) is 0 Å². The number of carbonyl (C=O) groups excluding carboxylic acids is 1. The molecular formula is C16H26N4O2. The zero-order valence-corrected chi connectivity index (χ0v) is 13.6. The van der Waals surface area contributed by atoms with Gasteiger partial charge in [-0.25, -0.2) is 4.79 Å². The molecule has 2 saturated heterocycles. The molecule has 2 aliphatic heterocycles. The number of nitrogens with zero attached hydrogens (tertiary/aromatic N) is 3. The molecule has 2 amide bonds. The van der Waals surface area contributed by atoms with E-state index >= 15 is 0 Å². The maximum absolute atomic E-state index is 12.2. The fraction of sp³-hybridized carbons (Fsp3) is 0.750. The van der Waals surface area contributed by atoms with Gasteiger partial charge in [-0.2, -0.15) is 5.10 Å². The van der Waals surface area contributed by atoms with E-state index in [0.717, 1.165) is 57.8 Å². The molecule has 6 heteroatoms. The molecule has 0 radical (unpaired) electrons. The number of amides is 2. The van der Waals surface area contributed by atoms with E-state index in [1.165, 1.54) is 5.69 Å². The lowest BCUT2D eigenvalue weighted by Gasteiger charge is -2.22. The highest BCUT2D eigenvalue weighted by Crippen LogP contribution is 2.37. The summed E-state index contributed by atoms with van der Waals surface area (Å²) < 4.78 is 7.51. The zero-order chi connectivity index (χ0) is 15.6. The van der Waals surface area contributed by atoms with Crippen LogP contribution in [0.5, 0.6) is 0 Å². The third kappa shape index (κ3) is 3.27. The Bertz CT molecular complexity index is 534. The van der Waals surface area contributed by atoms with Crippen molar-refractivity contribution in [2.45, 2.75) is 39.7 Å². The second-order valence-electron chi connectivity index (χ2n) is 6.71. The molecule has 0 bridgehead atoms. The molecule has 0 saturated carbocycles. The molecule has 0 aliphatic carbocycles. The minimum Gasteiger partial charge on any atom is -0.381 e. The van der Waals surface area contributed by atoms with Gasteiger partial charge in [-0.3, -0.25) is 4.68 Å². The molecule has 2 fully saturated rings. The molecule has 6 nitrogen and oxygen atoms in total. The second kappa shape index (κ2) is 6.28. The van der Waals surface area contributed by atoms with Gasteiger partial charge in [0.25, 0.3) is 0 Å². The Labute approximate surface area is 131 Å². The molecule has 1 aromatic rings. The molecule has 1 atom stereocenters. The summed E-state index contributed by atoms with van der Waals surface area (Å²) in [4.78, 5) is 14.2. The Morgan fingerprint density at radius 1 is 1.45 bits per heavy atom. The van der Waals surface area contributed by atoms with Crippen molar-refractivity contribution in [3.63, 3.8) is 0 Å². The minimum atomic E-state index is 0.0668. The van der Waals surface area contributed by atoms with Gasteiger partial charge in [0.05, 0.1) is 12.3 Å². The predicted molar refractivity (Wildman–Crippen MR) is 83.8 cm³/mol. The topological polar surface area (TPSA) is 59.4 Å². The van der Waals surface area contributed by atoms with E-state index in [1.807, 2.05) is 16.5 Å². The molecule has 1 spiro atoms. The van der Waals surface area contributed by atoms with Crippen LogP contribution in [0.25, 0.3) is 0 Å². The Morgan fingerprint density at radius 2 is 2.32 bits per heavy atom. The summed E-state index contributed by atoms with van der Waals surface area (Å²) in [6.07, 6.45) is 3.07. The Kier molecular flexibility index (Phi) is 4.38. The van der Waals surface area contributed by atoms with Gasteiger partial charge in [0.15, 0.2) is 0 Å². The van der Waals surface area contributed by atoms with Crippen LogP contribution in [0, 0.1) is 19.3 Å². The van der Waals surface area contributed by atoms with Crippen LogP contribution in [-0.2, 0) is 11.3 Å². The molecular weight excluding hydrogens is 280 g/mol. The summed E-state index contributed by atoms with van der Waals surface area (Å²) in [6, 6.07) is 2.14. The summed E-state index contributed by atoms with van der Waals surface area (Å²) in [6.45, 7) is 8.96. The maximum Gasteiger partial charge on any atom is 0.317 e. The lowest BCUT2D eigenvalue weighted by molar-refractivity contribution is 0.152. The van der Waals surface area contributed by atoms with Crippen molar-refractivity contribution in [3.8, 4) is 0 Å². The largest absolute Gasteiger partial charge is 0.381 e. The van der Waals surface area contributed by atoms with Crippen molar-refractivity contribution in [2.24, 2.45) is 5.41 Å². The number of nitrogens with one attached hydrogen (secondary N) is 1. The van der Waals surface area contributed by atoms with Gasteiger partial charge in [-0.05, 0) is 39.2 Å². The summed E-state index contributed by atoms with van der Waals surface area (Å²) in [7, 11) is 0. The van der Waals surface area contributed by atoms with Gasteiger partial charge in [0, 0.05) is 43.9 Å². The highest BCUT2D eigenvalue weighted by molar-refractivity contribution is 5.74. The van der Waals surface area contributed by atoms with Gasteiger partial charge in [0.1, 0.15) is 0 Å². The number of carbonyl (C=O) groups is 1. The van der Waals surface area contributed by atoms with Crippen LogP contribution < -0.4 is 5.32 Å². The fourth-order valence-corrected chi connectivity index (χ4v) is 3.52. The first-order valence-electron chi connectivity index (χ1n) is 8.20. The zero-order valence-electron chi connectivity index (χ0n) is 13.6. The smallest absolute Gasteiger partial charge is 0.317 e. The van der Waals surface area contributed by atoms with Crippen LogP contribution in [0.15, 0.2) is 6.07 Å². The lowest BCUT2D eigenvalue weighted by Crippen LogP contribution is -2.40. The quantitative estimate of drug-likeness (QED) is 0.862. The van der Waals surface area contributed by atoms with Crippen LogP contribution in [0.1, 0.15) is 30.7 Å². The molecule has 0 unspecified atom stereocenters. The van der Waals surface area contributed by atoms with E-state index in [0.29, 0.717) is 6.54 Å². The summed E-state index contributed by atoms with van der Waals surface area (Å²) in [5.74, 6) is 0. The van der Waals surface area contributed by atoms with Gasteiger partial charge >= 0.3 is 6.03 Å². The number of likely N-dealkylation sites (tertiary alicyclic amines) is 1. The molecule has 22 heavy (non-hydrogen) atoms. The number of aromatic nitrogens is 2. The van der Waals surface area contributed by atoms with Crippen molar-refractivity contribution >= 4 is 6.03 Å². The van der Waals surface area contributed by atoms with Crippen LogP contribution in [-0.4, -0.2) is 53.6 Å². The number of hydrogen-bond acceptors (Lipinski definition) is 3. The summed E-state index contributed by atoms with van der Waals surface area (Å²) >= 11 is 0. The summed E-state index contributed by atoms with van der Waals surface area (Å²) in [5.41, 5.74) is 2.45. The van der Waals surface area contributed by atoms with Gasteiger partial charge in [-0.15, -0.1) is 0 Å². The highest BCUT2D eigenvalue weighted by atomic mass is 16.5. The molecule has 3 heterocycles. The van der Waals surface area contributed by atoms with Crippen molar-refractivity contribution in [2.75, 3.05) is 32.8 Å². The van der Waals surface area contributed by atoms with E-state index in [2.05, 4.69) is 23.4 Å². The number of aryl methyl sites for hydroxylation is 3. The SMILES string of the molecule is Cc1cc(C)n(CCCNC(=O)N2CC[C@@]3(CCOC3)C2)n1. The molecule has 0 aromatic carbocycles. The maximum atomic E-state index is 12.2. The number of rotatable bonds is 4. The van der Waals surface area contributed by atoms with E-state index in [1.54, 1.807) is 0 Å². The Hall–Kier alpha value is -1.56. The standard InChI is InChI=1S/C16H26N4O2/c1-13-10-14(2)20(18-13)7-3-6-17-15(21)19-8-4-16(11-19)5-9-22-12-16/h10H,3-9,11-12H2,1-2H3,(H,17,21)/t16-/m1/s1. The Morgan fingerprint density at radius 3 is 3.00 bits per heavy atom. The van der Waals surface area contributed by atoms with Crippen molar-refractivity contribution in [1.82, 2.24) is 20.0 Å². The van der Waals surface area contributed by atoms with Crippen LogP contribution in [0.3, 0.4) is 0 Å². The van der Waals surface area contributed by atoms with E-state index in [4.69, 9.17) is 4.74 Å². The number of ether oxygens (including phenoxy) is 1. The monoisotopic (exact) mass is 306 g/mol. The van der Waals surface area contributed by atoms with E-state index in [9.17, 15) is 4.79 Å². The molecule has 1 N–H and O–H groups in total. The lowest BCUT2D eigenvalue weighted by atomic mass is 9.87. The average molecular weight is 306 g/mol. The van der Waals surface area contributed by atoms with Crippen LogP contribution in [0.4, 0.5) is 4.79 Å². The van der Waals surface area contributed by atoms with Crippen molar-refractivity contribution in [3.05, 3.63) is 17.5 Å². The van der Waals surface area contributed by atoms with E-state index < -0.39 is 0 Å². The molecule has 2 aliphatic rings. The Balaban J connectivity index is 1.39. The number of urea groups is 1. The first-order valence-corrected chi connectivity index (χ1v) is 8.20. The average Bonchev–Trinajstić information content (AvgIpc) is 3.19. The highest BCUT2D eigenvalue weighted by Gasteiger charge is 2.42.